The Morgan fingerprint density at radius 3 is 2.83 bits per heavy atom. The van der Waals surface area contributed by atoms with Gasteiger partial charge in [0.05, 0.1) is 5.52 Å². The summed E-state index contributed by atoms with van der Waals surface area (Å²) in [6, 6.07) is 4.22. The smallest absolute Gasteiger partial charge is 0.410 e. The fraction of sp³-hybridized carbons (Fsp3) is 0.529. The second-order valence-electron chi connectivity index (χ2n) is 7.05. The Hall–Kier alpha value is -2.24. The standard InChI is InChI=1S/C17H24N4O2/c1-12-11-20(16(22)23-17(2,3)4)9-10-21(12)15-14-13(5-7-18-14)6-8-19-15/h5-8,12,18H,9-11H2,1-4H3. The van der Waals surface area contributed by atoms with Crippen LogP contribution in [0.4, 0.5) is 10.6 Å². The topological polar surface area (TPSA) is 61.5 Å². The van der Waals surface area contributed by atoms with Gasteiger partial charge in [0.1, 0.15) is 5.60 Å². The molecule has 1 aliphatic rings. The van der Waals surface area contributed by atoms with Gasteiger partial charge in [-0.2, -0.15) is 0 Å². The number of hydrogen-bond acceptors (Lipinski definition) is 4. The van der Waals surface area contributed by atoms with Gasteiger partial charge in [0, 0.05) is 43.5 Å². The second kappa shape index (κ2) is 5.76. The number of fused-ring (bicyclic) bond motifs is 1. The van der Waals surface area contributed by atoms with Crippen LogP contribution < -0.4 is 4.90 Å². The van der Waals surface area contributed by atoms with Crippen molar-refractivity contribution in [1.29, 1.82) is 0 Å². The first-order valence-corrected chi connectivity index (χ1v) is 8.02. The summed E-state index contributed by atoms with van der Waals surface area (Å²) in [7, 11) is 0. The Morgan fingerprint density at radius 2 is 2.13 bits per heavy atom. The number of aromatic amines is 1. The molecular weight excluding hydrogens is 292 g/mol. The fourth-order valence-corrected chi connectivity index (χ4v) is 2.95. The van der Waals surface area contributed by atoms with Crippen LogP contribution in [0.15, 0.2) is 24.5 Å². The van der Waals surface area contributed by atoms with Crippen molar-refractivity contribution in [1.82, 2.24) is 14.9 Å². The molecule has 2 aromatic rings. The Labute approximate surface area is 136 Å². The summed E-state index contributed by atoms with van der Waals surface area (Å²) in [4.78, 5) is 24.1. The van der Waals surface area contributed by atoms with E-state index in [0.717, 1.165) is 23.3 Å². The number of carbonyl (C=O) groups is 1. The maximum Gasteiger partial charge on any atom is 0.410 e. The summed E-state index contributed by atoms with van der Waals surface area (Å²) >= 11 is 0. The molecule has 3 heterocycles. The number of amides is 1. The van der Waals surface area contributed by atoms with Crippen molar-refractivity contribution >= 4 is 22.8 Å². The molecule has 0 aromatic carbocycles. The van der Waals surface area contributed by atoms with Crippen LogP contribution in [0.5, 0.6) is 0 Å². The molecule has 1 N–H and O–H groups in total. The molecule has 6 nitrogen and oxygen atoms in total. The Kier molecular flexibility index (Phi) is 3.92. The van der Waals surface area contributed by atoms with Crippen molar-refractivity contribution < 1.29 is 9.53 Å². The lowest BCUT2D eigenvalue weighted by atomic mass is 10.1. The van der Waals surface area contributed by atoms with Crippen LogP contribution in [0.2, 0.25) is 0 Å². The number of ether oxygens (including phenoxy) is 1. The van der Waals surface area contributed by atoms with E-state index in [9.17, 15) is 4.79 Å². The van der Waals surface area contributed by atoms with Gasteiger partial charge in [0.2, 0.25) is 0 Å². The number of aromatic nitrogens is 2. The summed E-state index contributed by atoms with van der Waals surface area (Å²) in [5.74, 6) is 0.948. The number of nitrogens with zero attached hydrogens (tertiary/aromatic N) is 3. The first-order chi connectivity index (χ1) is 10.8. The molecule has 0 radical (unpaired) electrons. The zero-order chi connectivity index (χ0) is 16.6. The van der Waals surface area contributed by atoms with Gasteiger partial charge in [-0.05, 0) is 39.8 Å². The summed E-state index contributed by atoms with van der Waals surface area (Å²) < 4.78 is 5.47. The van der Waals surface area contributed by atoms with Gasteiger partial charge in [-0.15, -0.1) is 0 Å². The summed E-state index contributed by atoms with van der Waals surface area (Å²) in [5.41, 5.74) is 0.583. The molecule has 3 rings (SSSR count). The average molecular weight is 316 g/mol. The zero-order valence-electron chi connectivity index (χ0n) is 14.2. The van der Waals surface area contributed by atoms with Crippen LogP contribution in [0.1, 0.15) is 27.7 Å². The van der Waals surface area contributed by atoms with Crippen molar-refractivity contribution in [3.8, 4) is 0 Å². The molecule has 0 aliphatic carbocycles. The Morgan fingerprint density at radius 1 is 1.35 bits per heavy atom. The van der Waals surface area contributed by atoms with E-state index in [2.05, 4.69) is 21.8 Å². The first-order valence-electron chi connectivity index (χ1n) is 8.02. The van der Waals surface area contributed by atoms with E-state index >= 15 is 0 Å². The number of nitrogens with one attached hydrogen (secondary N) is 1. The molecule has 2 aromatic heterocycles. The molecule has 124 valence electrons. The van der Waals surface area contributed by atoms with Gasteiger partial charge < -0.3 is 19.5 Å². The highest BCUT2D eigenvalue weighted by Crippen LogP contribution is 2.26. The lowest BCUT2D eigenvalue weighted by molar-refractivity contribution is 0.0218. The van der Waals surface area contributed by atoms with Crippen molar-refractivity contribution in [3.63, 3.8) is 0 Å². The maximum absolute atomic E-state index is 12.2. The third-order valence-electron chi connectivity index (χ3n) is 4.00. The minimum absolute atomic E-state index is 0.178. The molecule has 1 atom stereocenters. The van der Waals surface area contributed by atoms with Gasteiger partial charge in [-0.1, -0.05) is 0 Å². The largest absolute Gasteiger partial charge is 0.444 e. The molecule has 1 amide bonds. The monoisotopic (exact) mass is 316 g/mol. The van der Waals surface area contributed by atoms with Gasteiger partial charge >= 0.3 is 6.09 Å². The number of piperazine rings is 1. The molecule has 1 unspecified atom stereocenters. The van der Waals surface area contributed by atoms with Crippen LogP contribution in [-0.2, 0) is 4.74 Å². The number of H-pyrrole nitrogens is 1. The van der Waals surface area contributed by atoms with E-state index in [1.54, 1.807) is 4.90 Å². The van der Waals surface area contributed by atoms with Crippen LogP contribution in [0.25, 0.3) is 10.9 Å². The molecule has 0 bridgehead atoms. The lowest BCUT2D eigenvalue weighted by Crippen LogP contribution is -2.54. The SMILES string of the molecule is CC1CN(C(=O)OC(C)(C)C)CCN1c1nccc2cc[nH]c12. The molecule has 1 aliphatic heterocycles. The number of carbonyl (C=O) groups excluding carboxylic acids is 1. The van der Waals surface area contributed by atoms with Crippen molar-refractivity contribution in [2.45, 2.75) is 39.3 Å². The van der Waals surface area contributed by atoms with Crippen molar-refractivity contribution in [3.05, 3.63) is 24.5 Å². The minimum atomic E-state index is -0.463. The molecule has 0 saturated carbocycles. The van der Waals surface area contributed by atoms with Gasteiger partial charge in [0.25, 0.3) is 0 Å². The molecule has 6 heteroatoms. The van der Waals surface area contributed by atoms with E-state index in [-0.39, 0.29) is 12.1 Å². The third kappa shape index (κ3) is 3.25. The van der Waals surface area contributed by atoms with Gasteiger partial charge in [-0.25, -0.2) is 9.78 Å². The average Bonchev–Trinajstić information content (AvgIpc) is 2.94. The first kappa shape index (κ1) is 15.6. The minimum Gasteiger partial charge on any atom is -0.444 e. The summed E-state index contributed by atoms with van der Waals surface area (Å²) in [6.45, 7) is 9.79. The lowest BCUT2D eigenvalue weighted by Gasteiger charge is -2.40. The van der Waals surface area contributed by atoms with Crippen LogP contribution in [-0.4, -0.2) is 52.2 Å². The third-order valence-corrected chi connectivity index (χ3v) is 4.00. The number of anilines is 1. The van der Waals surface area contributed by atoms with E-state index in [1.807, 2.05) is 45.3 Å². The molecule has 1 saturated heterocycles. The second-order valence-corrected chi connectivity index (χ2v) is 7.05. The highest BCUT2D eigenvalue weighted by Gasteiger charge is 2.31. The molecule has 23 heavy (non-hydrogen) atoms. The van der Waals surface area contributed by atoms with Crippen LogP contribution in [0, 0.1) is 0 Å². The predicted molar refractivity (Wildman–Crippen MR) is 90.7 cm³/mol. The van der Waals surface area contributed by atoms with Crippen molar-refractivity contribution in [2.75, 3.05) is 24.5 Å². The normalized spacial score (nSPS) is 19.2. The van der Waals surface area contributed by atoms with E-state index in [1.165, 1.54) is 0 Å². The molecular formula is C17H24N4O2. The van der Waals surface area contributed by atoms with Crippen molar-refractivity contribution in [2.24, 2.45) is 0 Å². The number of hydrogen-bond donors (Lipinski definition) is 1. The van der Waals surface area contributed by atoms with Crippen LogP contribution >= 0.6 is 0 Å². The summed E-state index contributed by atoms with van der Waals surface area (Å²) in [6.07, 6.45) is 3.52. The fourth-order valence-electron chi connectivity index (χ4n) is 2.95. The Balaban J connectivity index is 1.74. The van der Waals surface area contributed by atoms with Gasteiger partial charge in [0.15, 0.2) is 5.82 Å². The molecule has 0 spiro atoms. The van der Waals surface area contributed by atoms with E-state index in [4.69, 9.17) is 4.74 Å². The van der Waals surface area contributed by atoms with E-state index < -0.39 is 5.60 Å². The quantitative estimate of drug-likeness (QED) is 0.878. The molecule has 1 fully saturated rings. The maximum atomic E-state index is 12.2. The number of rotatable bonds is 1. The van der Waals surface area contributed by atoms with Crippen LogP contribution in [0.3, 0.4) is 0 Å². The highest BCUT2D eigenvalue weighted by molar-refractivity contribution is 5.89. The van der Waals surface area contributed by atoms with Gasteiger partial charge in [-0.3, -0.25) is 0 Å². The Bertz CT molecular complexity index is 704. The highest BCUT2D eigenvalue weighted by atomic mass is 16.6. The zero-order valence-corrected chi connectivity index (χ0v) is 14.2. The van der Waals surface area contributed by atoms with E-state index in [0.29, 0.717) is 13.1 Å². The predicted octanol–water partition coefficient (Wildman–Crippen LogP) is 3.01. The number of pyridine rings is 1. The summed E-state index contributed by atoms with van der Waals surface area (Å²) in [5, 5.41) is 1.15.